The minimum Gasteiger partial charge on any atom is -0.382 e. The average Bonchev–Trinajstić information content (AvgIpc) is 2.64. The first-order valence-corrected chi connectivity index (χ1v) is 8.12. The molecule has 1 N–H and O–H groups in total. The summed E-state index contributed by atoms with van der Waals surface area (Å²) in [5, 5.41) is 3.44. The van der Waals surface area contributed by atoms with Gasteiger partial charge in [-0.25, -0.2) is 0 Å². The molecule has 1 aliphatic heterocycles. The predicted octanol–water partition coefficient (Wildman–Crippen LogP) is 4.58. The monoisotopic (exact) mass is 318 g/mol. The van der Waals surface area contributed by atoms with E-state index in [2.05, 4.69) is 17.1 Å². The summed E-state index contributed by atoms with van der Waals surface area (Å²) in [5.41, 5.74) is -3.32. The quantitative estimate of drug-likeness (QED) is 0.818. The number of hydrogen-bond acceptors (Lipinski definition) is 3. The van der Waals surface area contributed by atoms with Gasteiger partial charge in [0, 0.05) is 23.2 Å². The topological polar surface area (TPSA) is 15.3 Å². The summed E-state index contributed by atoms with van der Waals surface area (Å²) in [4.78, 5) is 2.66. The molecule has 0 amide bonds. The molecular weight excluding hydrogens is 297 g/mol. The highest BCUT2D eigenvalue weighted by atomic mass is 32.2. The second-order valence-corrected chi connectivity index (χ2v) is 6.42. The van der Waals surface area contributed by atoms with E-state index in [1.54, 1.807) is 12.1 Å². The van der Waals surface area contributed by atoms with Crippen LogP contribution in [0.25, 0.3) is 0 Å². The molecule has 1 unspecified atom stereocenters. The third-order valence-corrected chi connectivity index (χ3v) is 4.47. The molecule has 0 aliphatic carbocycles. The van der Waals surface area contributed by atoms with Gasteiger partial charge >= 0.3 is 5.51 Å². The van der Waals surface area contributed by atoms with Crippen molar-refractivity contribution >= 4 is 17.4 Å². The van der Waals surface area contributed by atoms with Crippen molar-refractivity contribution in [3.8, 4) is 0 Å². The van der Waals surface area contributed by atoms with Crippen LogP contribution in [0.4, 0.5) is 18.9 Å². The Labute approximate surface area is 128 Å². The van der Waals surface area contributed by atoms with Gasteiger partial charge in [-0.1, -0.05) is 6.92 Å². The van der Waals surface area contributed by atoms with Crippen LogP contribution in [0, 0.1) is 0 Å². The van der Waals surface area contributed by atoms with Crippen molar-refractivity contribution in [2.45, 2.75) is 42.6 Å². The Morgan fingerprint density at radius 3 is 2.52 bits per heavy atom. The van der Waals surface area contributed by atoms with Crippen LogP contribution in [-0.4, -0.2) is 36.1 Å². The Morgan fingerprint density at radius 1 is 1.19 bits per heavy atom. The zero-order valence-electron chi connectivity index (χ0n) is 12.1. The average molecular weight is 318 g/mol. The molecule has 2 nitrogen and oxygen atoms in total. The highest BCUT2D eigenvalue weighted by Crippen LogP contribution is 2.37. The summed E-state index contributed by atoms with van der Waals surface area (Å²) in [7, 11) is 0. The number of alkyl halides is 3. The van der Waals surface area contributed by atoms with Gasteiger partial charge < -0.3 is 10.2 Å². The summed E-state index contributed by atoms with van der Waals surface area (Å²) in [6, 6.07) is 6.92. The van der Waals surface area contributed by atoms with Crippen molar-refractivity contribution < 1.29 is 13.2 Å². The molecule has 1 heterocycles. The SMILES string of the molecule is CCN1CCCC(Nc2ccc(SC(F)(F)F)cc2)CC1. The van der Waals surface area contributed by atoms with Gasteiger partial charge in [0.05, 0.1) is 0 Å². The molecule has 1 aromatic rings. The molecule has 1 aliphatic rings. The normalized spacial score (nSPS) is 21.0. The van der Waals surface area contributed by atoms with E-state index < -0.39 is 5.51 Å². The van der Waals surface area contributed by atoms with Gasteiger partial charge in [-0.15, -0.1) is 0 Å². The molecule has 0 radical (unpaired) electrons. The lowest BCUT2D eigenvalue weighted by Gasteiger charge is -2.19. The third kappa shape index (κ3) is 5.79. The van der Waals surface area contributed by atoms with E-state index in [1.165, 1.54) is 12.1 Å². The first-order chi connectivity index (χ1) is 9.96. The lowest BCUT2D eigenvalue weighted by Crippen LogP contribution is -2.26. The molecule has 1 aromatic carbocycles. The van der Waals surface area contributed by atoms with E-state index in [-0.39, 0.29) is 16.7 Å². The molecular formula is C15H21F3N2S. The highest BCUT2D eigenvalue weighted by molar-refractivity contribution is 8.00. The second kappa shape index (κ2) is 7.40. The van der Waals surface area contributed by atoms with Gasteiger partial charge in [0.2, 0.25) is 0 Å². The number of anilines is 1. The molecule has 1 fully saturated rings. The number of thioether (sulfide) groups is 1. The third-order valence-electron chi connectivity index (χ3n) is 3.73. The highest BCUT2D eigenvalue weighted by Gasteiger charge is 2.29. The van der Waals surface area contributed by atoms with Crippen molar-refractivity contribution in [2.24, 2.45) is 0 Å². The Morgan fingerprint density at radius 2 is 1.90 bits per heavy atom. The zero-order chi connectivity index (χ0) is 15.3. The smallest absolute Gasteiger partial charge is 0.382 e. The van der Waals surface area contributed by atoms with E-state index in [1.807, 2.05) is 0 Å². The molecule has 0 aromatic heterocycles. The van der Waals surface area contributed by atoms with Gasteiger partial charge in [-0.3, -0.25) is 0 Å². The second-order valence-electron chi connectivity index (χ2n) is 5.28. The zero-order valence-corrected chi connectivity index (χ0v) is 12.9. The number of halogens is 3. The van der Waals surface area contributed by atoms with Gasteiger partial charge in [0.15, 0.2) is 0 Å². The van der Waals surface area contributed by atoms with E-state index in [4.69, 9.17) is 0 Å². The largest absolute Gasteiger partial charge is 0.446 e. The predicted molar refractivity (Wildman–Crippen MR) is 81.7 cm³/mol. The van der Waals surface area contributed by atoms with Gasteiger partial charge in [-0.2, -0.15) is 13.2 Å². The molecule has 118 valence electrons. The summed E-state index contributed by atoms with van der Waals surface area (Å²) in [6.07, 6.45) is 3.34. The van der Waals surface area contributed by atoms with Crippen LogP contribution in [0.15, 0.2) is 29.2 Å². The van der Waals surface area contributed by atoms with Gasteiger partial charge in [-0.05, 0) is 68.4 Å². The lowest BCUT2D eigenvalue weighted by molar-refractivity contribution is -0.0328. The van der Waals surface area contributed by atoms with Gasteiger partial charge in [0.1, 0.15) is 0 Å². The number of hydrogen-bond donors (Lipinski definition) is 1. The summed E-state index contributed by atoms with van der Waals surface area (Å²) in [6.45, 7) is 5.47. The van der Waals surface area contributed by atoms with Crippen molar-refractivity contribution in [3.05, 3.63) is 24.3 Å². The molecule has 1 atom stereocenters. The van der Waals surface area contributed by atoms with E-state index >= 15 is 0 Å². The van der Waals surface area contributed by atoms with Crippen LogP contribution in [-0.2, 0) is 0 Å². The fourth-order valence-corrected chi connectivity index (χ4v) is 3.14. The standard InChI is InChI=1S/C15H21F3N2S/c1-2-20-10-3-4-12(9-11-20)19-13-5-7-14(8-6-13)21-15(16,17)18/h5-8,12,19H,2-4,9-11H2,1H3. The maximum absolute atomic E-state index is 12.3. The maximum atomic E-state index is 12.3. The number of benzene rings is 1. The molecule has 0 spiro atoms. The van der Waals surface area contributed by atoms with Crippen molar-refractivity contribution in [3.63, 3.8) is 0 Å². The number of rotatable bonds is 4. The number of nitrogens with zero attached hydrogens (tertiary/aromatic N) is 1. The Balaban J connectivity index is 1.88. The minimum absolute atomic E-state index is 0.0723. The fraction of sp³-hybridized carbons (Fsp3) is 0.600. The molecule has 2 rings (SSSR count). The van der Waals surface area contributed by atoms with E-state index in [9.17, 15) is 13.2 Å². The Bertz CT molecular complexity index is 434. The molecule has 0 saturated carbocycles. The summed E-state index contributed by atoms with van der Waals surface area (Å²) < 4.78 is 36.8. The number of likely N-dealkylation sites (tertiary alicyclic amines) is 1. The Kier molecular flexibility index (Phi) is 5.81. The molecule has 0 bridgehead atoms. The first kappa shape index (κ1) is 16.5. The van der Waals surface area contributed by atoms with Crippen LogP contribution in [0.2, 0.25) is 0 Å². The molecule has 1 saturated heterocycles. The van der Waals surface area contributed by atoms with Crippen molar-refractivity contribution in [2.75, 3.05) is 25.0 Å². The first-order valence-electron chi connectivity index (χ1n) is 7.31. The maximum Gasteiger partial charge on any atom is 0.446 e. The van der Waals surface area contributed by atoms with Crippen molar-refractivity contribution in [1.82, 2.24) is 4.90 Å². The van der Waals surface area contributed by atoms with Crippen LogP contribution >= 0.6 is 11.8 Å². The minimum atomic E-state index is -4.22. The van der Waals surface area contributed by atoms with Crippen LogP contribution < -0.4 is 5.32 Å². The summed E-state index contributed by atoms with van der Waals surface area (Å²) >= 11 is -0.0723. The fourth-order valence-electron chi connectivity index (χ4n) is 2.60. The van der Waals surface area contributed by atoms with E-state index in [0.29, 0.717) is 6.04 Å². The summed E-state index contributed by atoms with van der Waals surface area (Å²) in [5.74, 6) is 0. The molecule has 6 heteroatoms. The van der Waals surface area contributed by atoms with Crippen LogP contribution in [0.3, 0.4) is 0 Å². The van der Waals surface area contributed by atoms with Gasteiger partial charge in [0.25, 0.3) is 0 Å². The lowest BCUT2D eigenvalue weighted by atomic mass is 10.1. The van der Waals surface area contributed by atoms with E-state index in [0.717, 1.165) is 44.6 Å². The van der Waals surface area contributed by atoms with Crippen LogP contribution in [0.5, 0.6) is 0 Å². The Hall–Kier alpha value is -0.880. The molecule has 21 heavy (non-hydrogen) atoms. The van der Waals surface area contributed by atoms with Crippen molar-refractivity contribution in [1.29, 1.82) is 0 Å². The van der Waals surface area contributed by atoms with Crippen LogP contribution in [0.1, 0.15) is 26.2 Å². The number of nitrogens with one attached hydrogen (secondary N) is 1.